The quantitative estimate of drug-likeness (QED) is 0.917. The fourth-order valence-electron chi connectivity index (χ4n) is 2.01. The van der Waals surface area contributed by atoms with Crippen LogP contribution in [0.3, 0.4) is 0 Å². The van der Waals surface area contributed by atoms with Crippen LogP contribution in [0.1, 0.15) is 32.0 Å². The lowest BCUT2D eigenvalue weighted by molar-refractivity contribution is 0.291. The van der Waals surface area contributed by atoms with Gasteiger partial charge in [-0.3, -0.25) is 9.88 Å². The Balaban J connectivity index is 1.83. The minimum atomic E-state index is 0.157. The standard InChI is InChI=1S/C15H25N3S/c1-15(2,3)17-11-13-4-5-14(16-10-13)12-18-6-8-19-9-7-18/h4-5,10,17H,6-9,11-12H2,1-3H3. The third kappa shape index (κ3) is 5.51. The molecule has 4 heteroatoms. The highest BCUT2D eigenvalue weighted by atomic mass is 32.2. The Kier molecular flexibility index (Phi) is 5.25. The monoisotopic (exact) mass is 279 g/mol. The van der Waals surface area contributed by atoms with Crippen LogP contribution in [0, 0.1) is 0 Å². The molecule has 2 heterocycles. The Morgan fingerprint density at radius 1 is 1.26 bits per heavy atom. The summed E-state index contributed by atoms with van der Waals surface area (Å²) in [4.78, 5) is 7.08. The van der Waals surface area contributed by atoms with Crippen molar-refractivity contribution in [1.29, 1.82) is 0 Å². The highest BCUT2D eigenvalue weighted by Crippen LogP contribution is 2.12. The Morgan fingerprint density at radius 3 is 2.58 bits per heavy atom. The molecular weight excluding hydrogens is 254 g/mol. The van der Waals surface area contributed by atoms with Crippen molar-refractivity contribution in [2.24, 2.45) is 0 Å². The van der Waals surface area contributed by atoms with E-state index in [0.717, 1.165) is 13.1 Å². The van der Waals surface area contributed by atoms with E-state index < -0.39 is 0 Å². The average Bonchev–Trinajstić information content (AvgIpc) is 2.38. The van der Waals surface area contributed by atoms with E-state index in [0.29, 0.717) is 0 Å². The Hall–Kier alpha value is -0.580. The molecule has 1 aromatic rings. The van der Waals surface area contributed by atoms with Crippen molar-refractivity contribution in [3.05, 3.63) is 29.6 Å². The van der Waals surface area contributed by atoms with Gasteiger partial charge in [-0.1, -0.05) is 6.07 Å². The molecular formula is C15H25N3S. The first-order valence-corrected chi connectivity index (χ1v) is 8.17. The SMILES string of the molecule is CC(C)(C)NCc1ccc(CN2CCSCC2)nc1. The fourth-order valence-corrected chi connectivity index (χ4v) is 2.99. The molecule has 0 radical (unpaired) electrons. The lowest BCUT2D eigenvalue weighted by Crippen LogP contribution is -2.35. The van der Waals surface area contributed by atoms with Crippen molar-refractivity contribution >= 4 is 11.8 Å². The topological polar surface area (TPSA) is 28.2 Å². The minimum Gasteiger partial charge on any atom is -0.308 e. The third-order valence-electron chi connectivity index (χ3n) is 3.20. The van der Waals surface area contributed by atoms with E-state index in [9.17, 15) is 0 Å². The lowest BCUT2D eigenvalue weighted by atomic mass is 10.1. The van der Waals surface area contributed by atoms with E-state index in [1.165, 1.54) is 35.9 Å². The molecule has 0 atom stereocenters. The van der Waals surface area contributed by atoms with Gasteiger partial charge in [-0.2, -0.15) is 11.8 Å². The van der Waals surface area contributed by atoms with Crippen molar-refractivity contribution in [3.63, 3.8) is 0 Å². The van der Waals surface area contributed by atoms with Crippen molar-refractivity contribution in [1.82, 2.24) is 15.2 Å². The number of hydrogen-bond donors (Lipinski definition) is 1. The van der Waals surface area contributed by atoms with Crippen LogP contribution in [0.25, 0.3) is 0 Å². The zero-order valence-corrected chi connectivity index (χ0v) is 13.1. The normalized spacial score (nSPS) is 17.6. The molecule has 2 rings (SSSR count). The van der Waals surface area contributed by atoms with E-state index in [1.807, 2.05) is 6.20 Å². The number of pyridine rings is 1. The van der Waals surface area contributed by atoms with Gasteiger partial charge in [0.25, 0.3) is 0 Å². The van der Waals surface area contributed by atoms with Crippen molar-refractivity contribution < 1.29 is 0 Å². The minimum absolute atomic E-state index is 0.157. The molecule has 106 valence electrons. The molecule has 0 bridgehead atoms. The number of aromatic nitrogens is 1. The van der Waals surface area contributed by atoms with E-state index in [-0.39, 0.29) is 5.54 Å². The van der Waals surface area contributed by atoms with E-state index >= 15 is 0 Å². The first-order valence-electron chi connectivity index (χ1n) is 7.02. The van der Waals surface area contributed by atoms with Crippen LogP contribution in [-0.4, -0.2) is 40.0 Å². The van der Waals surface area contributed by atoms with Gasteiger partial charge in [0, 0.05) is 49.4 Å². The summed E-state index contributed by atoms with van der Waals surface area (Å²) in [7, 11) is 0. The van der Waals surface area contributed by atoms with Crippen molar-refractivity contribution in [3.8, 4) is 0 Å². The Bertz CT molecular complexity index is 377. The predicted molar refractivity (Wildman–Crippen MR) is 83.4 cm³/mol. The zero-order valence-electron chi connectivity index (χ0n) is 12.3. The molecule has 19 heavy (non-hydrogen) atoms. The highest BCUT2D eigenvalue weighted by Gasteiger charge is 2.11. The Labute approximate surface area is 121 Å². The van der Waals surface area contributed by atoms with Gasteiger partial charge in [-0.05, 0) is 32.4 Å². The van der Waals surface area contributed by atoms with Gasteiger partial charge < -0.3 is 5.32 Å². The summed E-state index contributed by atoms with van der Waals surface area (Å²) in [6.45, 7) is 10.8. The van der Waals surface area contributed by atoms with Crippen LogP contribution in [0.15, 0.2) is 18.3 Å². The molecule has 0 aliphatic carbocycles. The summed E-state index contributed by atoms with van der Waals surface area (Å²) in [5, 5.41) is 3.49. The number of hydrogen-bond acceptors (Lipinski definition) is 4. The second-order valence-electron chi connectivity index (χ2n) is 6.15. The van der Waals surface area contributed by atoms with Gasteiger partial charge in [0.1, 0.15) is 0 Å². The van der Waals surface area contributed by atoms with Crippen LogP contribution in [0.2, 0.25) is 0 Å². The van der Waals surface area contributed by atoms with Gasteiger partial charge in [-0.25, -0.2) is 0 Å². The maximum Gasteiger partial charge on any atom is 0.0544 e. The number of thioether (sulfide) groups is 1. The predicted octanol–water partition coefficient (Wildman–Crippen LogP) is 2.52. The van der Waals surface area contributed by atoms with Crippen LogP contribution < -0.4 is 5.32 Å². The second-order valence-corrected chi connectivity index (χ2v) is 7.37. The van der Waals surface area contributed by atoms with Crippen LogP contribution >= 0.6 is 11.8 Å². The molecule has 1 aliphatic heterocycles. The summed E-state index contributed by atoms with van der Waals surface area (Å²) in [5.41, 5.74) is 2.60. The summed E-state index contributed by atoms with van der Waals surface area (Å²) in [6.07, 6.45) is 2.01. The van der Waals surface area contributed by atoms with E-state index in [4.69, 9.17) is 0 Å². The number of nitrogens with zero attached hydrogens (tertiary/aromatic N) is 2. The molecule has 1 aliphatic rings. The van der Waals surface area contributed by atoms with E-state index in [1.54, 1.807) is 0 Å². The largest absolute Gasteiger partial charge is 0.308 e. The summed E-state index contributed by atoms with van der Waals surface area (Å²) in [5.74, 6) is 2.52. The van der Waals surface area contributed by atoms with Gasteiger partial charge in [-0.15, -0.1) is 0 Å². The zero-order chi connectivity index (χ0) is 13.7. The highest BCUT2D eigenvalue weighted by molar-refractivity contribution is 7.99. The molecule has 1 saturated heterocycles. The molecule has 1 fully saturated rings. The maximum atomic E-state index is 4.58. The lowest BCUT2D eigenvalue weighted by Gasteiger charge is -2.25. The molecule has 1 N–H and O–H groups in total. The summed E-state index contributed by atoms with van der Waals surface area (Å²) < 4.78 is 0. The van der Waals surface area contributed by atoms with Gasteiger partial charge in [0.15, 0.2) is 0 Å². The third-order valence-corrected chi connectivity index (χ3v) is 4.14. The molecule has 0 saturated carbocycles. The molecule has 0 aromatic carbocycles. The molecule has 0 spiro atoms. The summed E-state index contributed by atoms with van der Waals surface area (Å²) >= 11 is 2.05. The van der Waals surface area contributed by atoms with Gasteiger partial charge >= 0.3 is 0 Å². The average molecular weight is 279 g/mol. The number of nitrogens with one attached hydrogen (secondary N) is 1. The summed E-state index contributed by atoms with van der Waals surface area (Å²) in [6, 6.07) is 4.36. The number of rotatable bonds is 4. The fraction of sp³-hybridized carbons (Fsp3) is 0.667. The van der Waals surface area contributed by atoms with Gasteiger partial charge in [0.2, 0.25) is 0 Å². The molecule has 0 amide bonds. The van der Waals surface area contributed by atoms with E-state index in [2.05, 4.69) is 59.9 Å². The smallest absolute Gasteiger partial charge is 0.0544 e. The van der Waals surface area contributed by atoms with Crippen LogP contribution in [-0.2, 0) is 13.1 Å². The van der Waals surface area contributed by atoms with Crippen LogP contribution in [0.5, 0.6) is 0 Å². The van der Waals surface area contributed by atoms with Crippen LogP contribution in [0.4, 0.5) is 0 Å². The van der Waals surface area contributed by atoms with Crippen molar-refractivity contribution in [2.75, 3.05) is 24.6 Å². The van der Waals surface area contributed by atoms with Gasteiger partial charge in [0.05, 0.1) is 5.69 Å². The maximum absolute atomic E-state index is 4.58. The molecule has 0 unspecified atom stereocenters. The van der Waals surface area contributed by atoms with Crippen molar-refractivity contribution in [2.45, 2.75) is 39.4 Å². The molecule has 3 nitrogen and oxygen atoms in total. The second kappa shape index (κ2) is 6.73. The first kappa shape index (κ1) is 14.8. The first-order chi connectivity index (χ1) is 9.03. The molecule has 1 aromatic heterocycles. The Morgan fingerprint density at radius 2 is 2.00 bits per heavy atom.